The van der Waals surface area contributed by atoms with Crippen LogP contribution in [0, 0.1) is 11.6 Å². The number of anilines is 1. The quantitative estimate of drug-likeness (QED) is 0.367. The molecule has 3 atom stereocenters. The second-order valence-corrected chi connectivity index (χ2v) is 11.2. The average Bonchev–Trinajstić information content (AvgIpc) is 3.60. The van der Waals surface area contributed by atoms with Gasteiger partial charge in [-0.3, -0.25) is 0 Å². The van der Waals surface area contributed by atoms with Gasteiger partial charge in [-0.1, -0.05) is 17.7 Å². The number of H-pyrrole nitrogens is 1. The number of hydrogen-bond acceptors (Lipinski definition) is 6. The number of nitrogens with one attached hydrogen (secondary N) is 2. The largest absolute Gasteiger partial charge is 0.462 e. The molecule has 0 radical (unpaired) electrons. The molecule has 7 rings (SSSR count). The number of hydrogen-bond donors (Lipinski definition) is 2. The van der Waals surface area contributed by atoms with E-state index in [9.17, 15) is 0 Å². The molecule has 0 aliphatic carbocycles. The van der Waals surface area contributed by atoms with E-state index in [0.717, 1.165) is 45.3 Å². The number of halogens is 3. The molecule has 3 fully saturated rings. The van der Waals surface area contributed by atoms with Crippen LogP contribution in [0.5, 0.6) is 6.01 Å². The Balaban J connectivity index is 1.36. The second kappa shape index (κ2) is 9.32. The van der Waals surface area contributed by atoms with Crippen LogP contribution in [0.4, 0.5) is 14.6 Å². The van der Waals surface area contributed by atoms with E-state index in [2.05, 4.69) is 32.1 Å². The lowest BCUT2D eigenvalue weighted by molar-refractivity contribution is 0.188. The normalized spacial score (nSPS) is 23.7. The van der Waals surface area contributed by atoms with Crippen molar-refractivity contribution in [1.82, 2.24) is 25.2 Å². The lowest BCUT2D eigenvalue weighted by Crippen LogP contribution is -2.51. The summed E-state index contributed by atoms with van der Waals surface area (Å²) in [5, 5.41) is 5.19. The Kier molecular flexibility index (Phi) is 5.90. The van der Waals surface area contributed by atoms with E-state index in [1.165, 1.54) is 6.07 Å². The van der Waals surface area contributed by atoms with Crippen LogP contribution in [0.1, 0.15) is 25.7 Å². The van der Waals surface area contributed by atoms with Gasteiger partial charge >= 0.3 is 6.01 Å². The van der Waals surface area contributed by atoms with Gasteiger partial charge < -0.3 is 24.8 Å². The maximum absolute atomic E-state index is 16.3. The van der Waals surface area contributed by atoms with Crippen LogP contribution in [0.25, 0.3) is 32.9 Å². The molecule has 4 aromatic rings. The van der Waals surface area contributed by atoms with Crippen LogP contribution in [0.3, 0.4) is 0 Å². The summed E-state index contributed by atoms with van der Waals surface area (Å²) < 4.78 is 38.2. The lowest BCUT2D eigenvalue weighted by atomic mass is 10.0. The first-order valence-electron chi connectivity index (χ1n) is 13.3. The minimum absolute atomic E-state index is 0.0652. The molecule has 3 aliphatic rings. The highest BCUT2D eigenvalue weighted by atomic mass is 35.5. The van der Waals surface area contributed by atoms with Crippen molar-refractivity contribution in [3.05, 3.63) is 47.1 Å². The summed E-state index contributed by atoms with van der Waals surface area (Å²) in [6.07, 6.45) is 5.92. The predicted molar refractivity (Wildman–Crippen MR) is 145 cm³/mol. The van der Waals surface area contributed by atoms with Crippen molar-refractivity contribution in [1.29, 1.82) is 0 Å². The molecule has 10 heteroatoms. The van der Waals surface area contributed by atoms with Crippen LogP contribution in [-0.2, 0) is 0 Å². The maximum atomic E-state index is 16.3. The standard InChI is InChI=1S/C28H29ClF2N6O/c1-36-8-2-3-18(36)14-38-28-34-26-20(27(35-28)37-12-16-5-6-17(13-37)33-16)10-22(30)24(25(26)31)21-11-32-23-9-15(29)4-7-19(21)23/h4,7,9-11,16-18,32-33H,2-3,5-6,8,12-14H2,1H3/t16-,17+,18-/m0/s1. The fourth-order valence-corrected chi connectivity index (χ4v) is 6.52. The number of aromatic nitrogens is 3. The third-order valence-corrected chi connectivity index (χ3v) is 8.58. The van der Waals surface area contributed by atoms with Gasteiger partial charge in [0.25, 0.3) is 0 Å². The summed E-state index contributed by atoms with van der Waals surface area (Å²) in [7, 11) is 2.08. The zero-order valence-corrected chi connectivity index (χ0v) is 21.9. The molecule has 2 aromatic heterocycles. The van der Waals surface area contributed by atoms with Crippen molar-refractivity contribution in [2.75, 3.05) is 38.2 Å². The summed E-state index contributed by atoms with van der Waals surface area (Å²) in [4.78, 5) is 16.7. The van der Waals surface area contributed by atoms with E-state index < -0.39 is 11.6 Å². The summed E-state index contributed by atoms with van der Waals surface area (Å²) >= 11 is 6.12. The number of likely N-dealkylation sites (N-methyl/N-ethyl adjacent to an activating group) is 1. The van der Waals surface area contributed by atoms with Gasteiger partial charge in [-0.15, -0.1) is 0 Å². The Morgan fingerprint density at radius 3 is 2.66 bits per heavy atom. The number of aromatic amines is 1. The third kappa shape index (κ3) is 4.08. The Hall–Kier alpha value is -3.01. The van der Waals surface area contributed by atoms with E-state index in [4.69, 9.17) is 21.3 Å². The van der Waals surface area contributed by atoms with Gasteiger partial charge in [0, 0.05) is 64.3 Å². The molecule has 0 unspecified atom stereocenters. The number of rotatable bonds is 5. The van der Waals surface area contributed by atoms with Crippen molar-refractivity contribution in [2.45, 2.75) is 43.8 Å². The van der Waals surface area contributed by atoms with Gasteiger partial charge in [0.05, 0.1) is 5.56 Å². The van der Waals surface area contributed by atoms with Gasteiger partial charge in [0.15, 0.2) is 5.82 Å². The number of nitrogens with zero attached hydrogens (tertiary/aromatic N) is 4. The van der Waals surface area contributed by atoms with Crippen LogP contribution >= 0.6 is 11.6 Å². The van der Waals surface area contributed by atoms with Gasteiger partial charge in [-0.2, -0.15) is 9.97 Å². The van der Waals surface area contributed by atoms with E-state index in [-0.39, 0.29) is 23.1 Å². The van der Waals surface area contributed by atoms with Gasteiger partial charge in [-0.05, 0) is 57.5 Å². The van der Waals surface area contributed by atoms with E-state index >= 15 is 8.78 Å². The molecule has 0 saturated carbocycles. The molecular weight excluding hydrogens is 510 g/mol. The number of ether oxygens (including phenoxy) is 1. The maximum Gasteiger partial charge on any atom is 0.319 e. The number of fused-ring (bicyclic) bond motifs is 4. The Bertz CT molecular complexity index is 1530. The van der Waals surface area contributed by atoms with Gasteiger partial charge in [-0.25, -0.2) is 8.78 Å². The van der Waals surface area contributed by atoms with E-state index in [0.29, 0.717) is 51.4 Å². The molecule has 38 heavy (non-hydrogen) atoms. The first kappa shape index (κ1) is 24.1. The molecule has 7 nitrogen and oxygen atoms in total. The summed E-state index contributed by atoms with van der Waals surface area (Å²) in [6, 6.07) is 7.65. The first-order valence-corrected chi connectivity index (χ1v) is 13.6. The minimum Gasteiger partial charge on any atom is -0.462 e. The topological polar surface area (TPSA) is 69.3 Å². The third-order valence-electron chi connectivity index (χ3n) is 8.35. The molecule has 3 aliphatic heterocycles. The molecule has 2 aromatic carbocycles. The van der Waals surface area contributed by atoms with Crippen LogP contribution < -0.4 is 15.0 Å². The molecule has 0 spiro atoms. The monoisotopic (exact) mass is 538 g/mol. The highest BCUT2D eigenvalue weighted by Crippen LogP contribution is 2.39. The van der Waals surface area contributed by atoms with E-state index in [1.807, 2.05) is 0 Å². The molecule has 3 saturated heterocycles. The Morgan fingerprint density at radius 1 is 1.08 bits per heavy atom. The summed E-state index contributed by atoms with van der Waals surface area (Å²) in [6.45, 7) is 2.89. The number of likely N-dealkylation sites (tertiary alicyclic amines) is 1. The Labute approximate surface area is 224 Å². The van der Waals surface area contributed by atoms with Crippen molar-refractivity contribution in [2.24, 2.45) is 0 Å². The fourth-order valence-electron chi connectivity index (χ4n) is 6.35. The van der Waals surface area contributed by atoms with Gasteiger partial charge in [0.2, 0.25) is 0 Å². The molecule has 5 heterocycles. The summed E-state index contributed by atoms with van der Waals surface area (Å²) in [5.41, 5.74) is 1.06. The highest BCUT2D eigenvalue weighted by molar-refractivity contribution is 6.31. The minimum atomic E-state index is -0.722. The Morgan fingerprint density at radius 2 is 1.89 bits per heavy atom. The predicted octanol–water partition coefficient (Wildman–Crippen LogP) is 5.12. The number of benzene rings is 2. The van der Waals surface area contributed by atoms with Gasteiger partial charge in [0.1, 0.15) is 23.8 Å². The second-order valence-electron chi connectivity index (χ2n) is 10.8. The van der Waals surface area contributed by atoms with Crippen molar-refractivity contribution >= 4 is 39.2 Å². The smallest absolute Gasteiger partial charge is 0.319 e. The number of piperazine rings is 1. The van der Waals surface area contributed by atoms with Crippen molar-refractivity contribution in [3.8, 4) is 17.1 Å². The van der Waals surface area contributed by atoms with Crippen molar-refractivity contribution in [3.63, 3.8) is 0 Å². The zero-order valence-electron chi connectivity index (χ0n) is 21.1. The zero-order chi connectivity index (χ0) is 26.0. The fraction of sp³-hybridized carbons (Fsp3) is 0.429. The molecule has 0 amide bonds. The highest BCUT2D eigenvalue weighted by Gasteiger charge is 2.34. The van der Waals surface area contributed by atoms with E-state index in [1.54, 1.807) is 24.4 Å². The van der Waals surface area contributed by atoms with Crippen LogP contribution in [-0.4, -0.2) is 71.3 Å². The average molecular weight is 539 g/mol. The molecule has 2 N–H and O–H groups in total. The SMILES string of the molecule is CN1CCC[C@H]1COc1nc(N2C[C@H]3CC[C@@H](C2)N3)c2cc(F)c(-c3c[nH]c4cc(Cl)ccc34)c(F)c2n1. The molecule has 198 valence electrons. The lowest BCUT2D eigenvalue weighted by Gasteiger charge is -2.34. The first-order chi connectivity index (χ1) is 18.4. The van der Waals surface area contributed by atoms with Crippen molar-refractivity contribution < 1.29 is 13.5 Å². The van der Waals surface area contributed by atoms with Crippen LogP contribution in [0.15, 0.2) is 30.5 Å². The van der Waals surface area contributed by atoms with Crippen LogP contribution in [0.2, 0.25) is 5.02 Å². The molecule has 2 bridgehead atoms. The molecular formula is C28H29ClF2N6O. The summed E-state index contributed by atoms with van der Waals surface area (Å²) in [5.74, 6) is -0.853.